The summed E-state index contributed by atoms with van der Waals surface area (Å²) in [6, 6.07) is 15.0. The number of carbonyl (C=O) groups is 4. The van der Waals surface area contributed by atoms with E-state index in [4.69, 9.17) is 38.5 Å². The number of nitrogens with one attached hydrogen (secondary N) is 3. The van der Waals surface area contributed by atoms with Crippen LogP contribution in [-0.2, 0) is 58.3 Å². The van der Waals surface area contributed by atoms with Crippen LogP contribution in [0.1, 0.15) is 84.8 Å². The maximum absolute atomic E-state index is 15.0. The molecule has 27 nitrogen and oxygen atoms in total. The third-order valence-electron chi connectivity index (χ3n) is 11.2. The highest BCUT2D eigenvalue weighted by molar-refractivity contribution is 7.57. The molecule has 0 aliphatic carbocycles. The monoisotopic (exact) mass is 1150 g/mol. The molecular weight excluding hydrogens is 1090 g/mol. The van der Waals surface area contributed by atoms with Crippen LogP contribution in [0.2, 0.25) is 0 Å². The molecule has 3 unspecified atom stereocenters. The number of nitriles is 2. The molecule has 8 rings (SSSR count). The summed E-state index contributed by atoms with van der Waals surface area (Å²) in [6.07, 6.45) is -4.08. The maximum Gasteiger partial charge on any atom is 0.303 e. The third-order valence-corrected chi connectivity index (χ3v) is 14.1. The number of alkyl halides is 2. The molecule has 0 spiro atoms. The fraction of sp³-hybridized carbons (Fsp3) is 0.490. The molecular formula is C49H63F2N15O12P2. The molecule has 4 N–H and O–H groups in total. The first kappa shape index (κ1) is 63.5. The van der Waals surface area contributed by atoms with Gasteiger partial charge in [-0.1, -0.05) is 30.3 Å². The normalized spacial score (nSPS) is 20.8. The van der Waals surface area contributed by atoms with E-state index in [0.717, 1.165) is 13.8 Å². The third kappa shape index (κ3) is 17.1. The molecule has 0 bridgehead atoms. The van der Waals surface area contributed by atoms with Gasteiger partial charge in [0.05, 0.1) is 38.8 Å². The van der Waals surface area contributed by atoms with E-state index in [1.165, 1.54) is 73.5 Å². The minimum absolute atomic E-state index is 0.150. The fourth-order valence-electron chi connectivity index (χ4n) is 8.12. The molecule has 5 aromatic heterocycles. The Morgan fingerprint density at radius 1 is 0.787 bits per heavy atom. The molecule has 0 radical (unpaired) electrons. The van der Waals surface area contributed by atoms with E-state index in [1.54, 1.807) is 12.1 Å². The molecule has 2 aliphatic rings. The summed E-state index contributed by atoms with van der Waals surface area (Å²) in [5, 5.41) is 30.8. The maximum atomic E-state index is 15.0. The number of aliphatic hydroxyl groups is 1. The van der Waals surface area contributed by atoms with E-state index in [1.807, 2.05) is 6.07 Å². The Morgan fingerprint density at radius 2 is 1.27 bits per heavy atom. The Bertz CT molecular complexity index is 3150. The van der Waals surface area contributed by atoms with Gasteiger partial charge in [0.2, 0.25) is 11.8 Å². The second-order valence-corrected chi connectivity index (χ2v) is 22.9. The number of benzene rings is 1. The first-order valence-corrected chi connectivity index (χ1v) is 28.7. The number of fused-ring (bicyclic) bond motifs is 2. The van der Waals surface area contributed by atoms with Crippen LogP contribution < -0.4 is 10.6 Å². The number of anilines is 2. The number of H-pyrrole nitrogens is 1. The molecule has 2 saturated heterocycles. The lowest BCUT2D eigenvalue weighted by atomic mass is 10.1. The number of aromatic nitrogens is 10. The van der Waals surface area contributed by atoms with Crippen LogP contribution in [0, 0.1) is 22.7 Å². The van der Waals surface area contributed by atoms with E-state index in [-0.39, 0.29) is 63.8 Å². The SMILES string of the molecule is CC(=O)Nc1ncnc2c1ncn2[C@@H]1O[C@H](CO)C(F)[C@@H]1OC(C)=O.CC(=O)Nc1ncnc2c1ncn2[C@@H]1O[C@H](COP(C)(C)=O)C(F)[C@@H]1OC(C)=O.CC(C)N(C(C)C)P(C)OCc1ccccc1.N#Cc1nc[nH]c1C#N. The van der Waals surface area contributed by atoms with Crippen molar-refractivity contribution in [1.29, 1.82) is 10.5 Å². The standard InChI is InChI=1S/C16H21FN5O6P.C14H16FN5O5.C14H24NOP.C5H2N4/c1-8(23)21-14-12-15(19-6-18-14)22(7-20-12)16-13(27-9(2)24)11(17)10(28-16)5-26-29(3,4)25;1-6(22)19-12-10-13(17-4-16-12)20(5-18-10)14-11(24-7(2)23)9(15)8(3-21)25-14;1-12(2)15(13(3)4)17(5)16-11-14-9-7-6-8-10-14;6-1-4-5(2-7)9-3-8-4/h6-7,10-11,13,16H,5H2,1-4H3,(H,18,19,21,23);4-5,8-9,11,14,21H,3H2,1-2H3,(H,16,17,19,22);6-10,12-13H,11H2,1-5H3;3H,(H,8,9)/t10-,11?,13+,16-;8-,9?,11+,14-;;/m11../s1. The largest absolute Gasteiger partial charge is 0.454 e. The molecule has 2 aliphatic heterocycles. The molecule has 430 valence electrons. The first-order chi connectivity index (χ1) is 37.9. The number of rotatable bonds is 16. The van der Waals surface area contributed by atoms with Gasteiger partial charge >= 0.3 is 11.9 Å². The Labute approximate surface area is 460 Å². The average molecular weight is 1150 g/mol. The molecule has 2 fully saturated rings. The predicted molar refractivity (Wildman–Crippen MR) is 285 cm³/mol. The van der Waals surface area contributed by atoms with Crippen molar-refractivity contribution in [3.63, 3.8) is 0 Å². The zero-order valence-electron chi connectivity index (χ0n) is 45.6. The summed E-state index contributed by atoms with van der Waals surface area (Å²) in [4.78, 5) is 75.9. The van der Waals surface area contributed by atoms with Gasteiger partial charge in [0, 0.05) is 53.1 Å². The summed E-state index contributed by atoms with van der Waals surface area (Å²) >= 11 is 0. The average Bonchev–Trinajstić information content (AvgIpc) is 4.43. The number of halogens is 2. The molecule has 1 aromatic carbocycles. The van der Waals surface area contributed by atoms with Gasteiger partial charge < -0.3 is 48.7 Å². The lowest BCUT2D eigenvalue weighted by Gasteiger charge is -2.35. The zero-order chi connectivity index (χ0) is 59.0. The molecule has 0 saturated carbocycles. The summed E-state index contributed by atoms with van der Waals surface area (Å²) in [5.74, 6) is -1.69. The first-order valence-electron chi connectivity index (χ1n) is 24.6. The molecule has 31 heteroatoms. The number of aliphatic hydroxyl groups excluding tert-OH is 1. The second kappa shape index (κ2) is 29.2. The molecule has 9 atom stereocenters. The Morgan fingerprint density at radius 3 is 1.69 bits per heavy atom. The van der Waals surface area contributed by atoms with Crippen LogP contribution in [-0.4, -0.2) is 165 Å². The van der Waals surface area contributed by atoms with Crippen LogP contribution in [0.3, 0.4) is 0 Å². The second-order valence-electron chi connectivity index (χ2n) is 18.5. The van der Waals surface area contributed by atoms with Crippen molar-refractivity contribution < 1.29 is 65.6 Å². The zero-order valence-corrected chi connectivity index (χ0v) is 47.4. The van der Waals surface area contributed by atoms with Gasteiger partial charge in [-0.05, 0) is 39.9 Å². The van der Waals surface area contributed by atoms with Crippen molar-refractivity contribution in [3.05, 3.63) is 78.9 Å². The highest BCUT2D eigenvalue weighted by atomic mass is 31.2. The van der Waals surface area contributed by atoms with Crippen molar-refractivity contribution in [2.45, 2.75) is 123 Å². The smallest absolute Gasteiger partial charge is 0.303 e. The van der Waals surface area contributed by atoms with Crippen molar-refractivity contribution in [2.24, 2.45) is 0 Å². The molecule has 80 heavy (non-hydrogen) atoms. The lowest BCUT2D eigenvalue weighted by molar-refractivity contribution is -0.154. The van der Waals surface area contributed by atoms with Gasteiger partial charge in [-0.2, -0.15) is 10.5 Å². The summed E-state index contributed by atoms with van der Waals surface area (Å²) in [5.41, 5.74) is 2.65. The quantitative estimate of drug-likeness (QED) is 0.0650. The van der Waals surface area contributed by atoms with Crippen molar-refractivity contribution in [2.75, 3.05) is 43.8 Å². The van der Waals surface area contributed by atoms with Crippen molar-refractivity contribution >= 4 is 73.4 Å². The van der Waals surface area contributed by atoms with Crippen LogP contribution >= 0.6 is 15.7 Å². The van der Waals surface area contributed by atoms with Gasteiger partial charge in [-0.25, -0.2) is 43.7 Å². The Kier molecular flexibility index (Phi) is 23.2. The molecule has 2 amide bonds. The van der Waals surface area contributed by atoms with Crippen LogP contribution in [0.15, 0.2) is 62.0 Å². The molecule has 6 aromatic rings. The number of ether oxygens (including phenoxy) is 4. The van der Waals surface area contributed by atoms with Gasteiger partial charge in [0.25, 0.3) is 0 Å². The fourth-order valence-corrected chi connectivity index (χ4v) is 10.4. The highest BCUT2D eigenvalue weighted by Crippen LogP contribution is 2.43. The van der Waals surface area contributed by atoms with E-state index < -0.39 is 83.4 Å². The minimum Gasteiger partial charge on any atom is -0.454 e. The van der Waals surface area contributed by atoms with E-state index in [0.29, 0.717) is 18.7 Å². The van der Waals surface area contributed by atoms with Crippen molar-refractivity contribution in [3.8, 4) is 12.1 Å². The Hall–Kier alpha value is -7.33. The van der Waals surface area contributed by atoms with Gasteiger partial charge in [-0.3, -0.25) is 37.5 Å². The molecule has 7 heterocycles. The van der Waals surface area contributed by atoms with Crippen LogP contribution in [0.4, 0.5) is 20.4 Å². The van der Waals surface area contributed by atoms with Crippen molar-refractivity contribution in [1.82, 2.24) is 53.7 Å². The number of hydrogen-bond donors (Lipinski definition) is 4. The van der Waals surface area contributed by atoms with E-state index in [9.17, 15) is 37.6 Å². The number of carbonyl (C=O) groups excluding carboxylic acids is 4. The number of amides is 2. The van der Waals surface area contributed by atoms with Gasteiger partial charge in [-0.15, -0.1) is 0 Å². The topological polar surface area (TPSA) is 352 Å². The minimum atomic E-state index is -2.87. The predicted octanol–water partition coefficient (Wildman–Crippen LogP) is 5.87. The van der Waals surface area contributed by atoms with Crippen LogP contribution in [0.5, 0.6) is 0 Å². The number of imidazole rings is 3. The van der Waals surface area contributed by atoms with E-state index in [2.05, 4.69) is 114 Å². The number of esters is 2. The highest BCUT2D eigenvalue weighted by Gasteiger charge is 2.50. The van der Waals surface area contributed by atoms with E-state index >= 15 is 0 Å². The summed E-state index contributed by atoms with van der Waals surface area (Å²) < 4.78 is 79.0. The van der Waals surface area contributed by atoms with Gasteiger partial charge in [0.15, 0.2) is 89.7 Å². The Balaban J connectivity index is 0.000000209. The number of aromatic amines is 1. The van der Waals surface area contributed by atoms with Gasteiger partial charge in [0.1, 0.15) is 45.3 Å². The lowest BCUT2D eigenvalue weighted by Crippen LogP contribution is -2.33. The number of hydrogen-bond acceptors (Lipinski definition) is 22. The summed E-state index contributed by atoms with van der Waals surface area (Å²) in [6.45, 7) is 18.7. The van der Waals surface area contributed by atoms with Crippen LogP contribution in [0.25, 0.3) is 22.3 Å². The number of nitrogens with zero attached hydrogens (tertiary/aromatic N) is 12. The summed E-state index contributed by atoms with van der Waals surface area (Å²) in [7, 11) is -3.38.